The van der Waals surface area contributed by atoms with Crippen LogP contribution in [0.3, 0.4) is 0 Å². The summed E-state index contributed by atoms with van der Waals surface area (Å²) in [5.41, 5.74) is 9.67. The highest BCUT2D eigenvalue weighted by molar-refractivity contribution is 6.23. The number of fused-ring (bicyclic) bond motifs is 9. The molecule has 3 heteroatoms. The average molecular weight is 724 g/mol. The zero-order valence-electron chi connectivity index (χ0n) is 30.9. The molecule has 0 spiro atoms. The van der Waals surface area contributed by atoms with Crippen molar-refractivity contribution in [2.45, 2.75) is 0 Å². The van der Waals surface area contributed by atoms with Gasteiger partial charge in [0.15, 0.2) is 5.82 Å². The molecule has 12 rings (SSSR count). The van der Waals surface area contributed by atoms with Crippen molar-refractivity contribution in [3.8, 4) is 39.5 Å². The zero-order valence-corrected chi connectivity index (χ0v) is 30.9. The lowest BCUT2D eigenvalue weighted by atomic mass is 9.97. The van der Waals surface area contributed by atoms with Crippen LogP contribution in [0.5, 0.6) is 0 Å². The van der Waals surface area contributed by atoms with E-state index in [1.165, 1.54) is 70.5 Å². The second-order valence-electron chi connectivity index (χ2n) is 15.0. The largest absolute Gasteiger partial charge is 0.309 e. The van der Waals surface area contributed by atoms with Crippen molar-refractivity contribution in [2.75, 3.05) is 0 Å². The SMILES string of the molecule is c1ccc2cc(-c3ccc4nc(-c5ccc(-n6c7cc8ccccc8cc7c7c8ccccc8ccc76)cc5)nc(-c5ccc6ccccc6c5)c4c3)ccc2c1. The fourth-order valence-electron chi connectivity index (χ4n) is 8.87. The van der Waals surface area contributed by atoms with Crippen LogP contribution in [0.25, 0.3) is 115 Å². The van der Waals surface area contributed by atoms with Crippen LogP contribution in [0.4, 0.5) is 0 Å². The van der Waals surface area contributed by atoms with E-state index < -0.39 is 0 Å². The third kappa shape index (κ3) is 5.13. The molecular weight excluding hydrogens is 691 g/mol. The van der Waals surface area contributed by atoms with E-state index in [2.05, 4.69) is 205 Å². The van der Waals surface area contributed by atoms with Crippen molar-refractivity contribution in [3.05, 3.63) is 200 Å². The summed E-state index contributed by atoms with van der Waals surface area (Å²) in [5.74, 6) is 0.704. The summed E-state index contributed by atoms with van der Waals surface area (Å²) in [6.45, 7) is 0. The van der Waals surface area contributed by atoms with Gasteiger partial charge in [-0.15, -0.1) is 0 Å². The van der Waals surface area contributed by atoms with Gasteiger partial charge in [0.2, 0.25) is 0 Å². The van der Waals surface area contributed by atoms with Gasteiger partial charge >= 0.3 is 0 Å². The summed E-state index contributed by atoms with van der Waals surface area (Å²) in [4.78, 5) is 10.6. The Morgan fingerprint density at radius 2 is 0.860 bits per heavy atom. The van der Waals surface area contributed by atoms with Gasteiger partial charge in [0.25, 0.3) is 0 Å². The lowest BCUT2D eigenvalue weighted by Gasteiger charge is -2.13. The average Bonchev–Trinajstić information content (AvgIpc) is 3.60. The maximum Gasteiger partial charge on any atom is 0.160 e. The summed E-state index contributed by atoms with van der Waals surface area (Å²) in [6, 6.07) is 72.2. The summed E-state index contributed by atoms with van der Waals surface area (Å²) < 4.78 is 2.41. The normalized spacial score (nSPS) is 11.9. The maximum atomic E-state index is 5.38. The molecule has 264 valence electrons. The second kappa shape index (κ2) is 12.5. The molecule has 0 amide bonds. The van der Waals surface area contributed by atoms with Crippen molar-refractivity contribution >= 4 is 75.8 Å². The molecule has 0 aliphatic heterocycles. The Labute approximate surface area is 328 Å². The van der Waals surface area contributed by atoms with Gasteiger partial charge in [0.05, 0.1) is 22.2 Å². The highest BCUT2D eigenvalue weighted by Gasteiger charge is 2.18. The van der Waals surface area contributed by atoms with Gasteiger partial charge in [-0.1, -0.05) is 133 Å². The first kappa shape index (κ1) is 31.7. The van der Waals surface area contributed by atoms with Gasteiger partial charge in [-0.05, 0) is 121 Å². The van der Waals surface area contributed by atoms with Gasteiger partial charge in [-0.2, -0.15) is 0 Å². The highest BCUT2D eigenvalue weighted by atomic mass is 15.0. The van der Waals surface area contributed by atoms with Gasteiger partial charge < -0.3 is 4.57 Å². The van der Waals surface area contributed by atoms with Crippen molar-refractivity contribution in [2.24, 2.45) is 0 Å². The third-order valence-electron chi connectivity index (χ3n) is 11.7. The fourth-order valence-corrected chi connectivity index (χ4v) is 8.87. The minimum absolute atomic E-state index is 0.704. The quantitative estimate of drug-likeness (QED) is 0.181. The molecule has 0 aliphatic carbocycles. The number of rotatable bonds is 4. The van der Waals surface area contributed by atoms with Gasteiger partial charge in [-0.25, -0.2) is 9.97 Å². The highest BCUT2D eigenvalue weighted by Crippen LogP contribution is 2.40. The minimum atomic E-state index is 0.704. The van der Waals surface area contributed by atoms with E-state index in [4.69, 9.17) is 9.97 Å². The molecule has 0 N–H and O–H groups in total. The van der Waals surface area contributed by atoms with Crippen LogP contribution >= 0.6 is 0 Å². The third-order valence-corrected chi connectivity index (χ3v) is 11.7. The second-order valence-corrected chi connectivity index (χ2v) is 15.0. The maximum absolute atomic E-state index is 5.38. The fraction of sp³-hybridized carbons (Fsp3) is 0. The number of hydrogen-bond acceptors (Lipinski definition) is 2. The van der Waals surface area contributed by atoms with E-state index in [1.807, 2.05) is 0 Å². The predicted molar refractivity (Wildman–Crippen MR) is 240 cm³/mol. The molecule has 12 aromatic rings. The molecule has 2 heterocycles. The first-order valence-electron chi connectivity index (χ1n) is 19.5. The molecule has 10 aromatic carbocycles. The first-order valence-corrected chi connectivity index (χ1v) is 19.5. The van der Waals surface area contributed by atoms with E-state index >= 15 is 0 Å². The number of nitrogens with zero attached hydrogens (tertiary/aromatic N) is 3. The van der Waals surface area contributed by atoms with Crippen molar-refractivity contribution in [3.63, 3.8) is 0 Å². The Kier molecular flexibility index (Phi) is 6.93. The number of hydrogen-bond donors (Lipinski definition) is 0. The molecule has 0 fully saturated rings. The standard InChI is InChI=1S/C54H33N3/c1-3-12-38-29-42(19-17-34(38)9-1)43-23-27-49-47(31-43)53(44-20-18-35-10-2-4-13-39(35)30-44)56-54(55-49)37-21-25-45(26-22-37)57-50-28-24-36-11-7-8-16-46(36)52(50)48-32-40-14-5-6-15-41(40)33-51(48)57/h1-33H. The number of aromatic nitrogens is 3. The van der Waals surface area contributed by atoms with E-state index in [9.17, 15) is 0 Å². The lowest BCUT2D eigenvalue weighted by molar-refractivity contribution is 1.18. The Morgan fingerprint density at radius 1 is 0.316 bits per heavy atom. The summed E-state index contributed by atoms with van der Waals surface area (Å²) >= 11 is 0. The Bertz CT molecular complexity index is 3580. The van der Waals surface area contributed by atoms with Crippen LogP contribution in [0.15, 0.2) is 200 Å². The monoisotopic (exact) mass is 723 g/mol. The van der Waals surface area contributed by atoms with Gasteiger partial charge in [0.1, 0.15) is 0 Å². The van der Waals surface area contributed by atoms with Crippen molar-refractivity contribution in [1.82, 2.24) is 14.5 Å². The van der Waals surface area contributed by atoms with Gasteiger partial charge in [0, 0.05) is 33.0 Å². The molecule has 0 saturated carbocycles. The van der Waals surface area contributed by atoms with E-state index in [-0.39, 0.29) is 0 Å². The first-order chi connectivity index (χ1) is 28.2. The molecular formula is C54H33N3. The Morgan fingerprint density at radius 3 is 1.60 bits per heavy atom. The van der Waals surface area contributed by atoms with E-state index in [0.717, 1.165) is 39.0 Å². The Balaban J connectivity index is 1.03. The molecule has 2 aromatic heterocycles. The minimum Gasteiger partial charge on any atom is -0.309 e. The number of benzene rings is 10. The van der Waals surface area contributed by atoms with Crippen LogP contribution < -0.4 is 0 Å². The van der Waals surface area contributed by atoms with Crippen LogP contribution in [0, 0.1) is 0 Å². The molecule has 0 aliphatic rings. The van der Waals surface area contributed by atoms with Gasteiger partial charge in [-0.3, -0.25) is 0 Å². The smallest absolute Gasteiger partial charge is 0.160 e. The van der Waals surface area contributed by atoms with E-state index in [1.54, 1.807) is 0 Å². The molecule has 0 bridgehead atoms. The molecule has 0 unspecified atom stereocenters. The molecule has 3 nitrogen and oxygen atoms in total. The molecule has 0 radical (unpaired) electrons. The molecule has 0 saturated heterocycles. The van der Waals surface area contributed by atoms with Crippen LogP contribution in [0.2, 0.25) is 0 Å². The summed E-state index contributed by atoms with van der Waals surface area (Å²) in [5, 5.41) is 13.4. The Hall–Kier alpha value is -7.62. The lowest BCUT2D eigenvalue weighted by Crippen LogP contribution is -1.97. The zero-order chi connectivity index (χ0) is 37.5. The van der Waals surface area contributed by atoms with E-state index in [0.29, 0.717) is 5.82 Å². The predicted octanol–water partition coefficient (Wildman–Crippen LogP) is 14.3. The van der Waals surface area contributed by atoms with Crippen LogP contribution in [0.1, 0.15) is 0 Å². The van der Waals surface area contributed by atoms with Crippen LogP contribution in [-0.2, 0) is 0 Å². The molecule has 0 atom stereocenters. The van der Waals surface area contributed by atoms with Crippen LogP contribution in [-0.4, -0.2) is 14.5 Å². The van der Waals surface area contributed by atoms with Crippen molar-refractivity contribution < 1.29 is 0 Å². The summed E-state index contributed by atoms with van der Waals surface area (Å²) in [7, 11) is 0. The topological polar surface area (TPSA) is 30.7 Å². The van der Waals surface area contributed by atoms with Crippen molar-refractivity contribution in [1.29, 1.82) is 0 Å². The molecule has 57 heavy (non-hydrogen) atoms. The summed E-state index contributed by atoms with van der Waals surface area (Å²) in [6.07, 6.45) is 0.